The first-order valence-electron chi connectivity index (χ1n) is 6.49. The van der Waals surface area contributed by atoms with Crippen molar-refractivity contribution < 1.29 is 0 Å². The van der Waals surface area contributed by atoms with Gasteiger partial charge < -0.3 is 10.2 Å². The molecule has 0 bridgehead atoms. The summed E-state index contributed by atoms with van der Waals surface area (Å²) in [5, 5.41) is 3.34. The van der Waals surface area contributed by atoms with Gasteiger partial charge in [0.15, 0.2) is 0 Å². The van der Waals surface area contributed by atoms with Crippen LogP contribution in [-0.2, 0) is 0 Å². The maximum absolute atomic E-state index is 4.52. The Kier molecular flexibility index (Phi) is 5.73. The summed E-state index contributed by atoms with van der Waals surface area (Å²) in [7, 11) is 0. The van der Waals surface area contributed by atoms with Crippen molar-refractivity contribution in [1.29, 1.82) is 0 Å². The van der Waals surface area contributed by atoms with Crippen molar-refractivity contribution in [2.45, 2.75) is 34.1 Å². The Morgan fingerprint density at radius 1 is 1.29 bits per heavy atom. The SMILES string of the molecule is CCN(CC)c1nccc(NCCC(C)C)n1. The van der Waals surface area contributed by atoms with E-state index in [2.05, 4.69) is 47.9 Å². The van der Waals surface area contributed by atoms with Gasteiger partial charge >= 0.3 is 0 Å². The van der Waals surface area contributed by atoms with E-state index < -0.39 is 0 Å². The molecule has 1 aromatic heterocycles. The molecule has 96 valence electrons. The van der Waals surface area contributed by atoms with Gasteiger partial charge in [-0.2, -0.15) is 4.98 Å². The number of aromatic nitrogens is 2. The second kappa shape index (κ2) is 7.09. The maximum atomic E-state index is 4.52. The average molecular weight is 236 g/mol. The third-order valence-corrected chi connectivity index (χ3v) is 2.72. The number of rotatable bonds is 7. The summed E-state index contributed by atoms with van der Waals surface area (Å²) in [6, 6.07) is 1.92. The Hall–Kier alpha value is -1.32. The van der Waals surface area contributed by atoms with Crippen LogP contribution >= 0.6 is 0 Å². The molecule has 0 amide bonds. The Morgan fingerprint density at radius 2 is 2.00 bits per heavy atom. The van der Waals surface area contributed by atoms with Crippen LogP contribution in [0.5, 0.6) is 0 Å². The first-order chi connectivity index (χ1) is 8.17. The summed E-state index contributed by atoms with van der Waals surface area (Å²) in [4.78, 5) is 11.0. The van der Waals surface area contributed by atoms with Crippen molar-refractivity contribution in [3.8, 4) is 0 Å². The lowest BCUT2D eigenvalue weighted by Gasteiger charge is -2.18. The summed E-state index contributed by atoms with van der Waals surface area (Å²) in [5.41, 5.74) is 0. The van der Waals surface area contributed by atoms with Gasteiger partial charge in [-0.05, 0) is 32.3 Å². The zero-order chi connectivity index (χ0) is 12.7. The van der Waals surface area contributed by atoms with Crippen LogP contribution < -0.4 is 10.2 Å². The van der Waals surface area contributed by atoms with E-state index in [1.54, 1.807) is 0 Å². The quantitative estimate of drug-likeness (QED) is 0.790. The van der Waals surface area contributed by atoms with E-state index in [1.807, 2.05) is 12.3 Å². The molecule has 0 aliphatic carbocycles. The molecule has 4 nitrogen and oxygen atoms in total. The van der Waals surface area contributed by atoms with E-state index in [4.69, 9.17) is 0 Å². The topological polar surface area (TPSA) is 41.1 Å². The summed E-state index contributed by atoms with van der Waals surface area (Å²) >= 11 is 0. The summed E-state index contributed by atoms with van der Waals surface area (Å²) in [6.45, 7) is 11.5. The largest absolute Gasteiger partial charge is 0.370 e. The number of hydrogen-bond acceptors (Lipinski definition) is 4. The van der Waals surface area contributed by atoms with Crippen molar-refractivity contribution in [3.05, 3.63) is 12.3 Å². The Morgan fingerprint density at radius 3 is 2.59 bits per heavy atom. The lowest BCUT2D eigenvalue weighted by atomic mass is 10.1. The third-order valence-electron chi connectivity index (χ3n) is 2.72. The monoisotopic (exact) mass is 236 g/mol. The number of anilines is 2. The highest BCUT2D eigenvalue weighted by Gasteiger charge is 2.05. The van der Waals surface area contributed by atoms with E-state index in [-0.39, 0.29) is 0 Å². The number of nitrogens with one attached hydrogen (secondary N) is 1. The molecule has 0 radical (unpaired) electrons. The highest BCUT2D eigenvalue weighted by Crippen LogP contribution is 2.10. The van der Waals surface area contributed by atoms with Crippen molar-refractivity contribution in [3.63, 3.8) is 0 Å². The van der Waals surface area contributed by atoms with Crippen LogP contribution in [0.2, 0.25) is 0 Å². The minimum atomic E-state index is 0.714. The molecular formula is C13H24N4. The van der Waals surface area contributed by atoms with Gasteiger partial charge in [0.1, 0.15) is 5.82 Å². The van der Waals surface area contributed by atoms with Crippen molar-refractivity contribution in [1.82, 2.24) is 9.97 Å². The average Bonchev–Trinajstić information content (AvgIpc) is 2.31. The van der Waals surface area contributed by atoms with Gasteiger partial charge in [0.2, 0.25) is 5.95 Å². The molecule has 1 heterocycles. The molecule has 1 rings (SSSR count). The van der Waals surface area contributed by atoms with E-state index >= 15 is 0 Å². The van der Waals surface area contributed by atoms with Crippen LogP contribution in [0.4, 0.5) is 11.8 Å². The molecule has 0 fully saturated rings. The second-order valence-corrected chi connectivity index (χ2v) is 4.52. The molecule has 0 saturated carbocycles. The molecule has 0 unspecified atom stereocenters. The van der Waals surface area contributed by atoms with Gasteiger partial charge in [0.25, 0.3) is 0 Å². The molecule has 17 heavy (non-hydrogen) atoms. The minimum absolute atomic E-state index is 0.714. The predicted octanol–water partition coefficient (Wildman–Crippen LogP) is 2.78. The molecule has 0 spiro atoms. The first-order valence-corrected chi connectivity index (χ1v) is 6.49. The van der Waals surface area contributed by atoms with Gasteiger partial charge in [-0.25, -0.2) is 4.98 Å². The van der Waals surface area contributed by atoms with Gasteiger partial charge in [-0.1, -0.05) is 13.8 Å². The summed E-state index contributed by atoms with van der Waals surface area (Å²) < 4.78 is 0. The molecule has 0 aliphatic heterocycles. The highest BCUT2D eigenvalue weighted by molar-refractivity contribution is 5.40. The lowest BCUT2D eigenvalue weighted by molar-refractivity contribution is 0.606. The third kappa shape index (κ3) is 4.59. The fourth-order valence-electron chi connectivity index (χ4n) is 1.59. The lowest BCUT2D eigenvalue weighted by Crippen LogP contribution is -2.24. The van der Waals surface area contributed by atoms with Gasteiger partial charge in [0.05, 0.1) is 0 Å². The van der Waals surface area contributed by atoms with Crippen LogP contribution in [0, 0.1) is 5.92 Å². The predicted molar refractivity (Wildman–Crippen MR) is 73.5 cm³/mol. The molecule has 4 heteroatoms. The zero-order valence-electron chi connectivity index (χ0n) is 11.4. The van der Waals surface area contributed by atoms with Crippen molar-refractivity contribution in [2.75, 3.05) is 29.9 Å². The van der Waals surface area contributed by atoms with Gasteiger partial charge in [-0.15, -0.1) is 0 Å². The maximum Gasteiger partial charge on any atom is 0.227 e. The molecule has 1 aromatic rings. The highest BCUT2D eigenvalue weighted by atomic mass is 15.3. The molecule has 0 atom stereocenters. The molecule has 0 saturated heterocycles. The van der Waals surface area contributed by atoms with Crippen LogP contribution in [0.15, 0.2) is 12.3 Å². The van der Waals surface area contributed by atoms with E-state index in [9.17, 15) is 0 Å². The van der Waals surface area contributed by atoms with Crippen LogP contribution in [0.1, 0.15) is 34.1 Å². The summed E-state index contributed by atoms with van der Waals surface area (Å²) in [6.07, 6.45) is 2.98. The van der Waals surface area contributed by atoms with Crippen LogP contribution in [-0.4, -0.2) is 29.6 Å². The second-order valence-electron chi connectivity index (χ2n) is 4.52. The van der Waals surface area contributed by atoms with Crippen molar-refractivity contribution >= 4 is 11.8 Å². The summed E-state index contributed by atoms with van der Waals surface area (Å²) in [5.74, 6) is 2.44. The Labute approximate surface area is 104 Å². The van der Waals surface area contributed by atoms with Crippen molar-refractivity contribution in [2.24, 2.45) is 5.92 Å². The number of nitrogens with zero attached hydrogens (tertiary/aromatic N) is 3. The van der Waals surface area contributed by atoms with E-state index in [0.717, 1.165) is 37.8 Å². The van der Waals surface area contributed by atoms with Crippen LogP contribution in [0.3, 0.4) is 0 Å². The smallest absolute Gasteiger partial charge is 0.227 e. The van der Waals surface area contributed by atoms with Gasteiger partial charge in [-0.3, -0.25) is 0 Å². The van der Waals surface area contributed by atoms with Crippen LogP contribution in [0.25, 0.3) is 0 Å². The standard InChI is InChI=1S/C13H24N4/c1-5-17(6-2)13-15-10-8-12(16-13)14-9-7-11(3)4/h8,10-11H,5-7,9H2,1-4H3,(H,14,15,16). The van der Waals surface area contributed by atoms with E-state index in [0.29, 0.717) is 5.92 Å². The molecule has 1 N–H and O–H groups in total. The normalized spacial score (nSPS) is 10.6. The first kappa shape index (κ1) is 13.7. The Balaban J connectivity index is 2.59. The molecule has 0 aliphatic rings. The molecular weight excluding hydrogens is 212 g/mol. The number of hydrogen-bond donors (Lipinski definition) is 1. The fourth-order valence-corrected chi connectivity index (χ4v) is 1.59. The zero-order valence-corrected chi connectivity index (χ0v) is 11.4. The fraction of sp³-hybridized carbons (Fsp3) is 0.692. The Bertz CT molecular complexity index is 321. The van der Waals surface area contributed by atoms with Gasteiger partial charge in [0, 0.05) is 25.8 Å². The minimum Gasteiger partial charge on any atom is -0.370 e. The molecule has 0 aromatic carbocycles. The van der Waals surface area contributed by atoms with E-state index in [1.165, 1.54) is 0 Å².